The number of aliphatic hydroxyl groups is 2. The molecule has 0 radical (unpaired) electrons. The smallest absolute Gasteiger partial charge is 0.184 e. The van der Waals surface area contributed by atoms with Crippen LogP contribution in [0.3, 0.4) is 0 Å². The zero-order valence-corrected chi connectivity index (χ0v) is 3.16. The van der Waals surface area contributed by atoms with E-state index < -0.39 is 6.29 Å². The van der Waals surface area contributed by atoms with E-state index in [1.807, 2.05) is 0 Å². The highest BCUT2D eigenvalue weighted by molar-refractivity contribution is 4.72. The van der Waals surface area contributed by atoms with Crippen LogP contribution in [0.5, 0.6) is 0 Å². The second-order valence-corrected chi connectivity index (χ2v) is 1.25. The molecule has 1 aliphatic heterocycles. The van der Waals surface area contributed by atoms with E-state index in [1.54, 1.807) is 0 Å². The summed E-state index contributed by atoms with van der Waals surface area (Å²) in [7, 11) is 0. The van der Waals surface area contributed by atoms with Gasteiger partial charge in [-0.05, 0) is 0 Å². The van der Waals surface area contributed by atoms with E-state index in [4.69, 9.17) is 10.2 Å². The molecular formula is C3H6O3. The molecular weight excluding hydrogens is 84.0 g/mol. The summed E-state index contributed by atoms with van der Waals surface area (Å²) in [5.74, 6) is 0. The first kappa shape index (κ1) is 4.05. The van der Waals surface area contributed by atoms with Crippen LogP contribution >= 0.6 is 0 Å². The number of hydrogen-bond donors (Lipinski definition) is 2. The zero-order chi connectivity index (χ0) is 4.57. The maximum Gasteiger partial charge on any atom is 0.184 e. The SMILES string of the molecule is OC[C@@H]1O[C@H]1O. The van der Waals surface area contributed by atoms with Gasteiger partial charge in [-0.25, -0.2) is 0 Å². The van der Waals surface area contributed by atoms with Crippen molar-refractivity contribution in [2.24, 2.45) is 0 Å². The Kier molecular flexibility index (Phi) is 0.799. The molecule has 0 bridgehead atoms. The highest BCUT2D eigenvalue weighted by Crippen LogP contribution is 2.16. The molecule has 0 aliphatic carbocycles. The summed E-state index contributed by atoms with van der Waals surface area (Å²) in [5.41, 5.74) is 0. The Hall–Kier alpha value is -0.120. The normalized spacial score (nSPS) is 43.0. The summed E-state index contributed by atoms with van der Waals surface area (Å²) < 4.78 is 4.37. The molecule has 1 fully saturated rings. The van der Waals surface area contributed by atoms with E-state index in [9.17, 15) is 0 Å². The molecule has 1 heterocycles. The van der Waals surface area contributed by atoms with E-state index in [0.717, 1.165) is 0 Å². The number of hydrogen-bond acceptors (Lipinski definition) is 3. The molecule has 0 aromatic heterocycles. The van der Waals surface area contributed by atoms with Gasteiger partial charge in [-0.1, -0.05) is 0 Å². The zero-order valence-electron chi connectivity index (χ0n) is 3.16. The molecule has 3 heteroatoms. The minimum atomic E-state index is -0.685. The van der Waals surface area contributed by atoms with Crippen LogP contribution in [-0.2, 0) is 4.74 Å². The molecule has 1 saturated heterocycles. The fourth-order valence-electron chi connectivity index (χ4n) is 0.267. The number of ether oxygens (including phenoxy) is 1. The molecule has 2 atom stereocenters. The third kappa shape index (κ3) is 0.518. The standard InChI is InChI=1S/C3H6O3/c4-1-2-3(5)6-2/h2-5H,1H2/t2-,3+/m0/s1. The fourth-order valence-corrected chi connectivity index (χ4v) is 0.267. The van der Waals surface area contributed by atoms with Gasteiger partial charge in [-0.3, -0.25) is 0 Å². The van der Waals surface area contributed by atoms with Gasteiger partial charge in [0.15, 0.2) is 6.29 Å². The summed E-state index contributed by atoms with van der Waals surface area (Å²) in [6, 6.07) is 0. The minimum absolute atomic E-state index is 0.0683. The van der Waals surface area contributed by atoms with E-state index in [-0.39, 0.29) is 12.7 Å². The van der Waals surface area contributed by atoms with Gasteiger partial charge in [-0.2, -0.15) is 0 Å². The lowest BCUT2D eigenvalue weighted by molar-refractivity contribution is 0.155. The van der Waals surface area contributed by atoms with E-state index in [0.29, 0.717) is 0 Å². The quantitative estimate of drug-likeness (QED) is 0.393. The van der Waals surface area contributed by atoms with Gasteiger partial charge in [-0.15, -0.1) is 0 Å². The molecule has 0 amide bonds. The van der Waals surface area contributed by atoms with Gasteiger partial charge in [0.1, 0.15) is 6.10 Å². The van der Waals surface area contributed by atoms with Crippen LogP contribution in [0.4, 0.5) is 0 Å². The Morgan fingerprint density at radius 3 is 2.17 bits per heavy atom. The summed E-state index contributed by atoms with van der Waals surface area (Å²) in [4.78, 5) is 0. The van der Waals surface area contributed by atoms with Crippen LogP contribution in [0.1, 0.15) is 0 Å². The van der Waals surface area contributed by atoms with Gasteiger partial charge in [0, 0.05) is 0 Å². The van der Waals surface area contributed by atoms with Gasteiger partial charge in [0.2, 0.25) is 0 Å². The van der Waals surface area contributed by atoms with Crippen molar-refractivity contribution in [3.05, 3.63) is 0 Å². The van der Waals surface area contributed by atoms with Gasteiger partial charge < -0.3 is 14.9 Å². The summed E-state index contributed by atoms with van der Waals surface area (Å²) >= 11 is 0. The number of rotatable bonds is 1. The number of aliphatic hydroxyl groups excluding tert-OH is 2. The van der Waals surface area contributed by atoms with Crippen molar-refractivity contribution < 1.29 is 14.9 Å². The van der Waals surface area contributed by atoms with Gasteiger partial charge in [0.05, 0.1) is 6.61 Å². The third-order valence-corrected chi connectivity index (χ3v) is 0.736. The highest BCUT2D eigenvalue weighted by Gasteiger charge is 2.35. The van der Waals surface area contributed by atoms with Crippen molar-refractivity contribution in [2.75, 3.05) is 6.61 Å². The Morgan fingerprint density at radius 2 is 2.17 bits per heavy atom. The highest BCUT2D eigenvalue weighted by atomic mass is 16.7. The fraction of sp³-hybridized carbons (Fsp3) is 1.00. The maximum atomic E-state index is 8.24. The van der Waals surface area contributed by atoms with Crippen molar-refractivity contribution in [1.29, 1.82) is 0 Å². The molecule has 1 rings (SSSR count). The lowest BCUT2D eigenvalue weighted by Gasteiger charge is -1.72. The Morgan fingerprint density at radius 1 is 1.67 bits per heavy atom. The van der Waals surface area contributed by atoms with Crippen molar-refractivity contribution >= 4 is 0 Å². The van der Waals surface area contributed by atoms with Crippen LogP contribution < -0.4 is 0 Å². The monoisotopic (exact) mass is 90.0 g/mol. The predicted molar refractivity (Wildman–Crippen MR) is 18.0 cm³/mol. The molecule has 0 unspecified atom stereocenters. The van der Waals surface area contributed by atoms with Gasteiger partial charge in [0.25, 0.3) is 0 Å². The Bertz CT molecular complexity index is 52.0. The van der Waals surface area contributed by atoms with Gasteiger partial charge >= 0.3 is 0 Å². The first-order valence-electron chi connectivity index (χ1n) is 1.79. The third-order valence-electron chi connectivity index (χ3n) is 0.736. The first-order chi connectivity index (χ1) is 2.84. The van der Waals surface area contributed by atoms with Crippen LogP contribution in [0.15, 0.2) is 0 Å². The second kappa shape index (κ2) is 1.18. The lowest BCUT2D eigenvalue weighted by Crippen LogP contribution is -1.96. The molecule has 6 heavy (non-hydrogen) atoms. The largest absolute Gasteiger partial charge is 0.393 e. The van der Waals surface area contributed by atoms with E-state index in [2.05, 4.69) is 4.74 Å². The van der Waals surface area contributed by atoms with Crippen LogP contribution in [0, 0.1) is 0 Å². The average molecular weight is 90.1 g/mol. The topological polar surface area (TPSA) is 53.0 Å². The maximum absolute atomic E-state index is 8.24. The summed E-state index contributed by atoms with van der Waals surface area (Å²) in [6.45, 7) is -0.0683. The van der Waals surface area contributed by atoms with E-state index in [1.165, 1.54) is 0 Å². The first-order valence-corrected chi connectivity index (χ1v) is 1.79. The Balaban J connectivity index is 2.09. The second-order valence-electron chi connectivity index (χ2n) is 1.25. The lowest BCUT2D eigenvalue weighted by atomic mass is 10.5. The minimum Gasteiger partial charge on any atom is -0.393 e. The molecule has 1 aliphatic rings. The molecule has 0 aromatic carbocycles. The van der Waals surface area contributed by atoms with Crippen molar-refractivity contribution in [3.63, 3.8) is 0 Å². The molecule has 0 spiro atoms. The summed E-state index contributed by atoms with van der Waals surface area (Å²) in [5, 5.41) is 16.3. The average Bonchev–Trinajstić information content (AvgIpc) is 2.19. The molecule has 0 saturated carbocycles. The Labute approximate surface area is 35.2 Å². The molecule has 36 valence electrons. The number of epoxide rings is 1. The van der Waals surface area contributed by atoms with Crippen LogP contribution in [-0.4, -0.2) is 29.2 Å². The van der Waals surface area contributed by atoms with Crippen LogP contribution in [0.25, 0.3) is 0 Å². The van der Waals surface area contributed by atoms with Crippen molar-refractivity contribution in [1.82, 2.24) is 0 Å². The van der Waals surface area contributed by atoms with Crippen molar-refractivity contribution in [2.45, 2.75) is 12.4 Å². The molecule has 0 aromatic rings. The van der Waals surface area contributed by atoms with Crippen molar-refractivity contribution in [3.8, 4) is 0 Å². The molecule has 3 nitrogen and oxygen atoms in total. The summed E-state index contributed by atoms with van der Waals surface area (Å²) in [6.07, 6.45) is -0.972. The van der Waals surface area contributed by atoms with E-state index >= 15 is 0 Å². The molecule has 2 N–H and O–H groups in total. The predicted octanol–water partition coefficient (Wildman–Crippen LogP) is -1.30. The van der Waals surface area contributed by atoms with Crippen LogP contribution in [0.2, 0.25) is 0 Å².